The molecule has 2 rings (SSSR count). The second-order valence-corrected chi connectivity index (χ2v) is 2.41. The number of fused-ring (bicyclic) bond motifs is 1. The largest absolute Gasteiger partial charge is 0.506 e. The van der Waals surface area contributed by atoms with Gasteiger partial charge in [0, 0.05) is 0 Å². The zero-order valence-corrected chi connectivity index (χ0v) is 6.15. The van der Waals surface area contributed by atoms with Crippen molar-refractivity contribution in [3.05, 3.63) is 23.6 Å². The molecule has 0 amide bonds. The van der Waals surface area contributed by atoms with Gasteiger partial charge >= 0.3 is 0 Å². The Labute approximate surface area is 67.1 Å². The van der Waals surface area contributed by atoms with Gasteiger partial charge in [-0.1, -0.05) is 0 Å². The van der Waals surface area contributed by atoms with E-state index in [2.05, 4.69) is 10.1 Å². The SMILES string of the molecule is Oc1ccc2nc(Cl)nn2c1. The summed E-state index contributed by atoms with van der Waals surface area (Å²) in [6, 6.07) is 3.16. The molecule has 0 aliphatic carbocycles. The molecule has 4 nitrogen and oxygen atoms in total. The number of halogens is 1. The molecule has 2 aromatic rings. The summed E-state index contributed by atoms with van der Waals surface area (Å²) < 4.78 is 1.41. The van der Waals surface area contributed by atoms with E-state index >= 15 is 0 Å². The molecule has 5 heteroatoms. The van der Waals surface area contributed by atoms with Gasteiger partial charge in [-0.3, -0.25) is 0 Å². The summed E-state index contributed by atoms with van der Waals surface area (Å²) in [5.74, 6) is 0.138. The van der Waals surface area contributed by atoms with E-state index in [0.717, 1.165) is 0 Å². The van der Waals surface area contributed by atoms with Crippen molar-refractivity contribution in [3.8, 4) is 5.75 Å². The van der Waals surface area contributed by atoms with E-state index in [1.807, 2.05) is 0 Å². The first-order valence-corrected chi connectivity index (χ1v) is 3.34. The van der Waals surface area contributed by atoms with Crippen LogP contribution in [0.1, 0.15) is 0 Å². The lowest BCUT2D eigenvalue weighted by atomic mass is 10.4. The molecule has 56 valence electrons. The highest BCUT2D eigenvalue weighted by Gasteiger charge is 1.99. The smallest absolute Gasteiger partial charge is 0.243 e. The van der Waals surface area contributed by atoms with Gasteiger partial charge in [0.15, 0.2) is 5.65 Å². The highest BCUT2D eigenvalue weighted by atomic mass is 35.5. The average molecular weight is 170 g/mol. The molecule has 0 saturated carbocycles. The van der Waals surface area contributed by atoms with E-state index in [-0.39, 0.29) is 11.0 Å². The van der Waals surface area contributed by atoms with Gasteiger partial charge in [-0.05, 0) is 23.7 Å². The Bertz CT molecular complexity index is 398. The Morgan fingerprint density at radius 3 is 3.09 bits per heavy atom. The van der Waals surface area contributed by atoms with Gasteiger partial charge in [-0.25, -0.2) is 4.52 Å². The molecule has 1 N–H and O–H groups in total. The van der Waals surface area contributed by atoms with Crippen LogP contribution in [0.4, 0.5) is 0 Å². The molecule has 11 heavy (non-hydrogen) atoms. The Kier molecular flexibility index (Phi) is 1.22. The van der Waals surface area contributed by atoms with Crippen LogP contribution >= 0.6 is 11.6 Å². The molecule has 0 atom stereocenters. The molecule has 0 unspecified atom stereocenters. The van der Waals surface area contributed by atoms with Crippen molar-refractivity contribution in [1.29, 1.82) is 0 Å². The first kappa shape index (κ1) is 6.42. The molecule has 0 aliphatic heterocycles. The molecular weight excluding hydrogens is 166 g/mol. The Morgan fingerprint density at radius 2 is 2.27 bits per heavy atom. The van der Waals surface area contributed by atoms with Gasteiger partial charge < -0.3 is 5.11 Å². The minimum atomic E-state index is 0.138. The van der Waals surface area contributed by atoms with Crippen molar-refractivity contribution in [2.75, 3.05) is 0 Å². The van der Waals surface area contributed by atoms with Crippen LogP contribution in [0.3, 0.4) is 0 Å². The summed E-state index contributed by atoms with van der Waals surface area (Å²) in [4.78, 5) is 3.86. The molecule has 0 bridgehead atoms. The third-order valence-corrected chi connectivity index (χ3v) is 1.45. The lowest BCUT2D eigenvalue weighted by Gasteiger charge is -1.90. The number of nitrogens with zero attached hydrogens (tertiary/aromatic N) is 3. The number of aromatic nitrogens is 3. The lowest BCUT2D eigenvalue weighted by molar-refractivity contribution is 0.470. The molecule has 0 fully saturated rings. The quantitative estimate of drug-likeness (QED) is 0.642. The van der Waals surface area contributed by atoms with Crippen LogP contribution in [-0.4, -0.2) is 19.7 Å². The van der Waals surface area contributed by atoms with Gasteiger partial charge in [0.05, 0.1) is 6.20 Å². The number of rotatable bonds is 0. The normalized spacial score (nSPS) is 10.6. The first-order chi connectivity index (χ1) is 5.25. The van der Waals surface area contributed by atoms with Gasteiger partial charge in [-0.15, -0.1) is 5.10 Å². The Balaban J connectivity index is 2.82. The summed E-state index contributed by atoms with van der Waals surface area (Å²) in [6.45, 7) is 0. The summed E-state index contributed by atoms with van der Waals surface area (Å²) in [7, 11) is 0. The summed E-state index contributed by atoms with van der Waals surface area (Å²) >= 11 is 5.51. The van der Waals surface area contributed by atoms with Crippen molar-refractivity contribution in [3.63, 3.8) is 0 Å². The van der Waals surface area contributed by atoms with E-state index in [4.69, 9.17) is 16.7 Å². The third kappa shape index (κ3) is 1.01. The predicted octanol–water partition coefficient (Wildman–Crippen LogP) is 1.09. The van der Waals surface area contributed by atoms with Crippen LogP contribution in [0.5, 0.6) is 5.75 Å². The number of hydrogen-bond acceptors (Lipinski definition) is 3. The summed E-state index contributed by atoms with van der Waals surface area (Å²) in [5, 5.41) is 13.0. The fourth-order valence-electron chi connectivity index (χ4n) is 0.845. The molecular formula is C6H4ClN3O. The van der Waals surface area contributed by atoms with E-state index in [1.165, 1.54) is 16.8 Å². The molecule has 0 spiro atoms. The molecule has 0 saturated heterocycles. The Hall–Kier alpha value is -1.29. The first-order valence-electron chi connectivity index (χ1n) is 2.96. The maximum Gasteiger partial charge on any atom is 0.243 e. The predicted molar refractivity (Wildman–Crippen MR) is 39.7 cm³/mol. The lowest BCUT2D eigenvalue weighted by Crippen LogP contribution is -1.84. The second-order valence-electron chi connectivity index (χ2n) is 2.07. The fourth-order valence-corrected chi connectivity index (χ4v) is 1.01. The van der Waals surface area contributed by atoms with Crippen molar-refractivity contribution in [2.45, 2.75) is 0 Å². The fraction of sp³-hybridized carbons (Fsp3) is 0. The summed E-state index contributed by atoms with van der Waals surface area (Å²) in [5.41, 5.74) is 0.618. The molecule has 0 aromatic carbocycles. The van der Waals surface area contributed by atoms with Gasteiger partial charge in [-0.2, -0.15) is 4.98 Å². The van der Waals surface area contributed by atoms with Gasteiger partial charge in [0.1, 0.15) is 5.75 Å². The van der Waals surface area contributed by atoms with Crippen LogP contribution in [0.2, 0.25) is 5.28 Å². The highest BCUT2D eigenvalue weighted by molar-refractivity contribution is 6.28. The Morgan fingerprint density at radius 1 is 1.45 bits per heavy atom. The van der Waals surface area contributed by atoms with Crippen molar-refractivity contribution in [2.24, 2.45) is 0 Å². The zero-order valence-electron chi connectivity index (χ0n) is 5.40. The van der Waals surface area contributed by atoms with Crippen LogP contribution < -0.4 is 0 Å². The maximum atomic E-state index is 9.01. The topological polar surface area (TPSA) is 50.4 Å². The summed E-state index contributed by atoms with van der Waals surface area (Å²) in [6.07, 6.45) is 1.44. The molecule has 2 aromatic heterocycles. The molecule has 2 heterocycles. The van der Waals surface area contributed by atoms with Crippen molar-refractivity contribution < 1.29 is 5.11 Å². The standard InChI is InChI=1S/C6H4ClN3O/c7-6-8-5-2-1-4(11)3-10(5)9-6/h1-3,11H. The van der Waals surface area contributed by atoms with E-state index < -0.39 is 0 Å². The van der Waals surface area contributed by atoms with Crippen molar-refractivity contribution >= 4 is 17.2 Å². The second kappa shape index (κ2) is 2.10. The molecule has 0 aliphatic rings. The number of aromatic hydroxyl groups is 1. The van der Waals surface area contributed by atoms with E-state index in [9.17, 15) is 0 Å². The highest BCUT2D eigenvalue weighted by Crippen LogP contribution is 2.11. The maximum absolute atomic E-state index is 9.01. The minimum Gasteiger partial charge on any atom is -0.506 e. The molecule has 0 radical (unpaired) electrons. The van der Waals surface area contributed by atoms with Gasteiger partial charge in [0.2, 0.25) is 5.28 Å². The van der Waals surface area contributed by atoms with E-state index in [0.29, 0.717) is 5.65 Å². The van der Waals surface area contributed by atoms with Crippen molar-refractivity contribution in [1.82, 2.24) is 14.6 Å². The monoisotopic (exact) mass is 169 g/mol. The van der Waals surface area contributed by atoms with Crippen LogP contribution in [0, 0.1) is 0 Å². The number of hydrogen-bond donors (Lipinski definition) is 1. The van der Waals surface area contributed by atoms with Gasteiger partial charge in [0.25, 0.3) is 0 Å². The zero-order chi connectivity index (χ0) is 7.84. The van der Waals surface area contributed by atoms with Crippen LogP contribution in [0.25, 0.3) is 5.65 Å². The van der Waals surface area contributed by atoms with E-state index in [1.54, 1.807) is 6.07 Å². The third-order valence-electron chi connectivity index (χ3n) is 1.29. The van der Waals surface area contributed by atoms with Crippen LogP contribution in [0.15, 0.2) is 18.3 Å². The minimum absolute atomic E-state index is 0.138. The number of pyridine rings is 1. The van der Waals surface area contributed by atoms with Crippen LogP contribution in [-0.2, 0) is 0 Å². The average Bonchev–Trinajstić information content (AvgIpc) is 2.27.